The average Bonchev–Trinajstić information content (AvgIpc) is 1.85. The van der Waals surface area contributed by atoms with Gasteiger partial charge in [-0.05, 0) is 38.9 Å². The van der Waals surface area contributed by atoms with Gasteiger partial charge >= 0.3 is 0 Å². The van der Waals surface area contributed by atoms with Crippen molar-refractivity contribution < 1.29 is 0 Å². The molecule has 1 fully saturated rings. The summed E-state index contributed by atoms with van der Waals surface area (Å²) in [6, 6.07) is 0. The molecule has 1 nitrogen and oxygen atoms in total. The van der Waals surface area contributed by atoms with Gasteiger partial charge in [-0.3, -0.25) is 0 Å². The van der Waals surface area contributed by atoms with E-state index in [9.17, 15) is 0 Å². The third-order valence-corrected chi connectivity index (χ3v) is 2.75. The number of hydrogen-bond donors (Lipinski definition) is 0. The smallest absolute Gasteiger partial charge is 0.00191 e. The van der Waals surface area contributed by atoms with E-state index >= 15 is 0 Å². The quantitative estimate of drug-likeness (QED) is 0.589. The molecule has 0 unspecified atom stereocenters. The van der Waals surface area contributed by atoms with Crippen molar-refractivity contribution in [2.45, 2.75) is 39.0 Å². The van der Waals surface area contributed by atoms with Gasteiger partial charge in [0.2, 0.25) is 0 Å². The van der Waals surface area contributed by atoms with Crippen LogP contribution in [0.15, 0.2) is 0 Å². The molecule has 1 saturated carbocycles. The molecule has 0 aromatic carbocycles. The van der Waals surface area contributed by atoms with Crippen molar-refractivity contribution in [2.24, 2.45) is 5.92 Å². The van der Waals surface area contributed by atoms with Crippen LogP contribution in [0.3, 0.4) is 0 Å². The fourth-order valence-corrected chi connectivity index (χ4v) is 1.68. The Morgan fingerprint density at radius 2 is 2.00 bits per heavy atom. The van der Waals surface area contributed by atoms with Gasteiger partial charge in [-0.25, -0.2) is 0 Å². The van der Waals surface area contributed by atoms with Crippen LogP contribution in [0.1, 0.15) is 39.0 Å². The molecule has 1 rings (SSSR count). The average molecular weight is 155 g/mol. The largest absolute Gasteiger partial charge is 0.306 e. The Hall–Kier alpha value is -0.0400. The van der Waals surface area contributed by atoms with Gasteiger partial charge in [0.1, 0.15) is 0 Å². The van der Waals surface area contributed by atoms with E-state index < -0.39 is 0 Å². The normalized spacial score (nSPS) is 18.8. The Morgan fingerprint density at radius 1 is 1.27 bits per heavy atom. The molecule has 0 spiro atoms. The van der Waals surface area contributed by atoms with Gasteiger partial charge in [-0.1, -0.05) is 26.2 Å². The van der Waals surface area contributed by atoms with Crippen LogP contribution >= 0.6 is 0 Å². The first kappa shape index (κ1) is 9.05. The second-order valence-electron chi connectivity index (χ2n) is 3.89. The van der Waals surface area contributed by atoms with E-state index in [1.165, 1.54) is 45.2 Å². The van der Waals surface area contributed by atoms with Crippen molar-refractivity contribution in [3.05, 3.63) is 0 Å². The molecule has 0 atom stereocenters. The minimum Gasteiger partial charge on any atom is -0.306 e. The van der Waals surface area contributed by atoms with Crippen molar-refractivity contribution in [1.82, 2.24) is 4.90 Å². The Kier molecular flexibility index (Phi) is 3.92. The van der Waals surface area contributed by atoms with Crippen LogP contribution in [0.4, 0.5) is 0 Å². The molecule has 11 heavy (non-hydrogen) atoms. The maximum Gasteiger partial charge on any atom is -0.00191 e. The highest BCUT2D eigenvalue weighted by molar-refractivity contribution is 4.70. The van der Waals surface area contributed by atoms with E-state index in [-0.39, 0.29) is 0 Å². The van der Waals surface area contributed by atoms with Gasteiger partial charge in [0, 0.05) is 0 Å². The molecule has 0 radical (unpaired) electrons. The number of nitrogens with zero attached hydrogens (tertiary/aromatic N) is 1. The van der Waals surface area contributed by atoms with Gasteiger partial charge in [-0.2, -0.15) is 0 Å². The summed E-state index contributed by atoms with van der Waals surface area (Å²) in [4.78, 5) is 2.46. The van der Waals surface area contributed by atoms with Crippen molar-refractivity contribution in [2.75, 3.05) is 20.1 Å². The molecule has 0 aromatic heterocycles. The molecule has 0 bridgehead atoms. The summed E-state index contributed by atoms with van der Waals surface area (Å²) in [5.74, 6) is 1.08. The molecule has 0 saturated heterocycles. The lowest BCUT2D eigenvalue weighted by molar-refractivity contribution is 0.239. The zero-order chi connectivity index (χ0) is 8.10. The van der Waals surface area contributed by atoms with E-state index in [0.717, 1.165) is 5.92 Å². The van der Waals surface area contributed by atoms with Crippen LogP contribution in [0, 0.1) is 5.92 Å². The Bertz CT molecular complexity index is 97.0. The fourth-order valence-electron chi connectivity index (χ4n) is 1.68. The molecule has 66 valence electrons. The molecule has 0 amide bonds. The third-order valence-electron chi connectivity index (χ3n) is 2.75. The van der Waals surface area contributed by atoms with Crippen LogP contribution in [-0.4, -0.2) is 25.0 Å². The molecule has 1 aliphatic rings. The number of hydrogen-bond acceptors (Lipinski definition) is 1. The summed E-state index contributed by atoms with van der Waals surface area (Å²) in [5.41, 5.74) is 0. The SMILES string of the molecule is CCCN(C)CCC1CCC1. The molecule has 0 heterocycles. The van der Waals surface area contributed by atoms with Gasteiger partial charge < -0.3 is 4.90 Å². The standard InChI is InChI=1S/C10H21N/c1-3-8-11(2)9-7-10-5-4-6-10/h10H,3-9H2,1-2H3. The van der Waals surface area contributed by atoms with Crippen LogP contribution < -0.4 is 0 Å². The summed E-state index contributed by atoms with van der Waals surface area (Å²) in [6.07, 6.45) is 7.22. The lowest BCUT2D eigenvalue weighted by Gasteiger charge is -2.27. The Balaban J connectivity index is 1.92. The lowest BCUT2D eigenvalue weighted by Crippen LogP contribution is -2.24. The van der Waals surface area contributed by atoms with E-state index in [1.807, 2.05) is 0 Å². The molecule has 1 aliphatic carbocycles. The van der Waals surface area contributed by atoms with E-state index in [1.54, 1.807) is 0 Å². The minimum atomic E-state index is 1.08. The van der Waals surface area contributed by atoms with Gasteiger partial charge in [0.25, 0.3) is 0 Å². The van der Waals surface area contributed by atoms with Crippen molar-refractivity contribution in [3.63, 3.8) is 0 Å². The van der Waals surface area contributed by atoms with Crippen LogP contribution in [0.2, 0.25) is 0 Å². The molecular weight excluding hydrogens is 134 g/mol. The highest BCUT2D eigenvalue weighted by atomic mass is 15.1. The van der Waals surface area contributed by atoms with Crippen LogP contribution in [-0.2, 0) is 0 Å². The first-order valence-corrected chi connectivity index (χ1v) is 5.01. The summed E-state index contributed by atoms with van der Waals surface area (Å²) in [7, 11) is 2.24. The Labute approximate surface area is 70.8 Å². The predicted octanol–water partition coefficient (Wildman–Crippen LogP) is 2.52. The molecule has 0 aliphatic heterocycles. The van der Waals surface area contributed by atoms with Crippen LogP contribution in [0.5, 0.6) is 0 Å². The van der Waals surface area contributed by atoms with Crippen LogP contribution in [0.25, 0.3) is 0 Å². The first-order chi connectivity index (χ1) is 5.33. The molecule has 1 heteroatoms. The maximum atomic E-state index is 2.46. The zero-order valence-electron chi connectivity index (χ0n) is 7.97. The topological polar surface area (TPSA) is 3.24 Å². The maximum absolute atomic E-state index is 2.46. The predicted molar refractivity (Wildman–Crippen MR) is 49.7 cm³/mol. The van der Waals surface area contributed by atoms with E-state index in [0.29, 0.717) is 0 Å². The van der Waals surface area contributed by atoms with Crippen molar-refractivity contribution >= 4 is 0 Å². The first-order valence-electron chi connectivity index (χ1n) is 5.01. The lowest BCUT2D eigenvalue weighted by atomic mass is 9.83. The summed E-state index contributed by atoms with van der Waals surface area (Å²) < 4.78 is 0. The molecule has 0 aromatic rings. The molecule has 0 N–H and O–H groups in total. The highest BCUT2D eigenvalue weighted by Crippen LogP contribution is 2.29. The Morgan fingerprint density at radius 3 is 2.45 bits per heavy atom. The highest BCUT2D eigenvalue weighted by Gasteiger charge is 2.16. The fraction of sp³-hybridized carbons (Fsp3) is 1.00. The zero-order valence-corrected chi connectivity index (χ0v) is 7.97. The van der Waals surface area contributed by atoms with E-state index in [2.05, 4.69) is 18.9 Å². The summed E-state index contributed by atoms with van der Waals surface area (Å²) in [5, 5.41) is 0. The second-order valence-corrected chi connectivity index (χ2v) is 3.89. The second kappa shape index (κ2) is 4.76. The van der Waals surface area contributed by atoms with Crippen molar-refractivity contribution in [1.29, 1.82) is 0 Å². The summed E-state index contributed by atoms with van der Waals surface area (Å²) in [6.45, 7) is 4.84. The monoisotopic (exact) mass is 155 g/mol. The number of rotatable bonds is 5. The van der Waals surface area contributed by atoms with Crippen molar-refractivity contribution in [3.8, 4) is 0 Å². The minimum absolute atomic E-state index is 1.08. The van der Waals surface area contributed by atoms with Gasteiger partial charge in [0.15, 0.2) is 0 Å². The van der Waals surface area contributed by atoms with Gasteiger partial charge in [-0.15, -0.1) is 0 Å². The summed E-state index contributed by atoms with van der Waals surface area (Å²) >= 11 is 0. The van der Waals surface area contributed by atoms with E-state index in [4.69, 9.17) is 0 Å². The third kappa shape index (κ3) is 3.24. The van der Waals surface area contributed by atoms with Gasteiger partial charge in [0.05, 0.1) is 0 Å². The molecular formula is C10H21N.